The highest BCUT2D eigenvalue weighted by Gasteiger charge is 2.41. The maximum atomic E-state index is 12.1. The van der Waals surface area contributed by atoms with Crippen LogP contribution in [0.2, 0.25) is 0 Å². The van der Waals surface area contributed by atoms with E-state index in [1.54, 1.807) is 24.3 Å². The van der Waals surface area contributed by atoms with Crippen LogP contribution in [0.5, 0.6) is 5.75 Å². The summed E-state index contributed by atoms with van der Waals surface area (Å²) in [6.45, 7) is -0.480. The minimum atomic E-state index is -2.55. The number of carbonyl (C=O) groups excluding carboxylic acids is 1. The molecule has 1 aromatic carbocycles. The van der Waals surface area contributed by atoms with Gasteiger partial charge in [-0.15, -0.1) is 0 Å². The van der Waals surface area contributed by atoms with Gasteiger partial charge in [0.25, 0.3) is 6.43 Å². The Labute approximate surface area is 126 Å². The van der Waals surface area contributed by atoms with E-state index in [9.17, 15) is 18.4 Å². The third-order valence-corrected chi connectivity index (χ3v) is 3.67. The summed E-state index contributed by atoms with van der Waals surface area (Å²) >= 11 is 0. The minimum absolute atomic E-state index is 0.202. The Balaban J connectivity index is 1.85. The third kappa shape index (κ3) is 4.16. The highest BCUT2D eigenvalue weighted by Crippen LogP contribution is 2.34. The molecular formula is C15H17F2NO4. The van der Waals surface area contributed by atoms with Gasteiger partial charge in [-0.25, -0.2) is 8.78 Å². The van der Waals surface area contributed by atoms with E-state index in [1.807, 2.05) is 0 Å². The smallest absolute Gasteiger partial charge is 0.307 e. The van der Waals surface area contributed by atoms with Crippen LogP contribution in [0.15, 0.2) is 24.3 Å². The van der Waals surface area contributed by atoms with Crippen molar-refractivity contribution >= 4 is 11.9 Å². The van der Waals surface area contributed by atoms with Crippen molar-refractivity contribution in [2.24, 2.45) is 11.8 Å². The summed E-state index contributed by atoms with van der Waals surface area (Å²) in [5.74, 6) is -2.04. The minimum Gasteiger partial charge on any atom is -0.488 e. The van der Waals surface area contributed by atoms with E-state index < -0.39 is 30.8 Å². The summed E-state index contributed by atoms with van der Waals surface area (Å²) in [5, 5.41) is 11.6. The maximum Gasteiger partial charge on any atom is 0.307 e. The molecule has 0 bridgehead atoms. The van der Waals surface area contributed by atoms with Gasteiger partial charge in [0, 0.05) is 6.54 Å². The molecule has 0 aliphatic heterocycles. The van der Waals surface area contributed by atoms with Crippen molar-refractivity contribution in [1.82, 2.24) is 5.32 Å². The average molecular weight is 313 g/mol. The summed E-state index contributed by atoms with van der Waals surface area (Å²) in [6.07, 6.45) is -1.46. The molecule has 0 saturated heterocycles. The molecular weight excluding hydrogens is 296 g/mol. The number of hydrogen-bond acceptors (Lipinski definition) is 3. The first-order valence-electron chi connectivity index (χ1n) is 6.97. The zero-order valence-corrected chi connectivity index (χ0v) is 11.8. The molecule has 2 N–H and O–H groups in total. The van der Waals surface area contributed by atoms with E-state index in [0.717, 1.165) is 0 Å². The molecule has 22 heavy (non-hydrogen) atoms. The summed E-state index contributed by atoms with van der Waals surface area (Å²) in [6, 6.07) is 6.49. The quantitative estimate of drug-likeness (QED) is 0.808. The number of rotatable bonds is 7. The molecule has 7 heteroatoms. The first-order valence-corrected chi connectivity index (χ1v) is 6.97. The lowest BCUT2D eigenvalue weighted by Gasteiger charge is -2.31. The molecule has 1 saturated carbocycles. The second-order valence-electron chi connectivity index (χ2n) is 5.20. The summed E-state index contributed by atoms with van der Waals surface area (Å²) in [4.78, 5) is 22.8. The van der Waals surface area contributed by atoms with Gasteiger partial charge in [-0.1, -0.05) is 12.1 Å². The average Bonchev–Trinajstić information content (AvgIpc) is 2.41. The molecule has 2 unspecified atom stereocenters. The fourth-order valence-corrected chi connectivity index (χ4v) is 2.33. The highest BCUT2D eigenvalue weighted by molar-refractivity contribution is 5.86. The van der Waals surface area contributed by atoms with Crippen molar-refractivity contribution in [2.75, 3.05) is 6.61 Å². The van der Waals surface area contributed by atoms with E-state index in [4.69, 9.17) is 9.84 Å². The second kappa shape index (κ2) is 7.20. The largest absolute Gasteiger partial charge is 0.488 e. The Morgan fingerprint density at radius 3 is 2.64 bits per heavy atom. The molecule has 1 fully saturated rings. The summed E-state index contributed by atoms with van der Waals surface area (Å²) in [7, 11) is 0. The van der Waals surface area contributed by atoms with Crippen molar-refractivity contribution < 1.29 is 28.2 Å². The first kappa shape index (κ1) is 16.2. The molecule has 1 aromatic rings. The van der Waals surface area contributed by atoms with Crippen molar-refractivity contribution in [2.45, 2.75) is 25.8 Å². The van der Waals surface area contributed by atoms with Crippen molar-refractivity contribution in [3.8, 4) is 5.75 Å². The van der Waals surface area contributed by atoms with Crippen LogP contribution >= 0.6 is 0 Å². The van der Waals surface area contributed by atoms with Crippen LogP contribution in [0.3, 0.4) is 0 Å². The van der Waals surface area contributed by atoms with Gasteiger partial charge in [0.1, 0.15) is 12.4 Å². The highest BCUT2D eigenvalue weighted by atomic mass is 19.3. The number of hydrogen-bond donors (Lipinski definition) is 2. The van der Waals surface area contributed by atoms with Gasteiger partial charge >= 0.3 is 5.97 Å². The van der Waals surface area contributed by atoms with Gasteiger partial charge in [-0.3, -0.25) is 9.59 Å². The normalized spacial score (nSPS) is 20.3. The van der Waals surface area contributed by atoms with E-state index >= 15 is 0 Å². The molecule has 1 aliphatic rings. The zero-order chi connectivity index (χ0) is 16.1. The van der Waals surface area contributed by atoms with Crippen molar-refractivity contribution in [3.63, 3.8) is 0 Å². The standard InChI is InChI=1S/C15H17F2NO4/c16-13(17)8-22-10-3-1-2-9(6-10)7-18-14(19)11-4-5-12(11)15(20)21/h1-3,6,11-13H,4-5,7-8H2,(H,18,19)(H,20,21). The fourth-order valence-electron chi connectivity index (χ4n) is 2.33. The summed E-state index contributed by atoms with van der Waals surface area (Å²) in [5.41, 5.74) is 0.700. The molecule has 0 aromatic heterocycles. The molecule has 120 valence electrons. The van der Waals surface area contributed by atoms with Crippen LogP contribution in [-0.4, -0.2) is 30.0 Å². The maximum absolute atomic E-state index is 12.1. The Hall–Kier alpha value is -2.18. The van der Waals surface area contributed by atoms with E-state index in [0.29, 0.717) is 24.2 Å². The topological polar surface area (TPSA) is 75.6 Å². The van der Waals surface area contributed by atoms with E-state index in [1.165, 1.54) is 0 Å². The number of carbonyl (C=O) groups is 2. The van der Waals surface area contributed by atoms with Gasteiger partial charge in [-0.05, 0) is 30.5 Å². The zero-order valence-electron chi connectivity index (χ0n) is 11.8. The third-order valence-electron chi connectivity index (χ3n) is 3.67. The fraction of sp³-hybridized carbons (Fsp3) is 0.467. The molecule has 2 rings (SSSR count). The van der Waals surface area contributed by atoms with E-state index in [-0.39, 0.29) is 12.5 Å². The van der Waals surface area contributed by atoms with Crippen molar-refractivity contribution in [1.29, 1.82) is 0 Å². The van der Waals surface area contributed by atoms with Crippen LogP contribution in [0.1, 0.15) is 18.4 Å². The number of carboxylic acids is 1. The molecule has 0 heterocycles. The van der Waals surface area contributed by atoms with E-state index in [2.05, 4.69) is 5.32 Å². The predicted octanol–water partition coefficient (Wildman–Crippen LogP) is 2.06. The number of ether oxygens (including phenoxy) is 1. The van der Waals surface area contributed by atoms with Gasteiger partial charge in [0.2, 0.25) is 5.91 Å². The molecule has 5 nitrogen and oxygen atoms in total. The van der Waals surface area contributed by atoms with Crippen LogP contribution in [0.25, 0.3) is 0 Å². The van der Waals surface area contributed by atoms with Gasteiger partial charge in [0.05, 0.1) is 11.8 Å². The molecule has 2 atom stereocenters. The van der Waals surface area contributed by atoms with Gasteiger partial charge < -0.3 is 15.2 Å². The lowest BCUT2D eigenvalue weighted by Crippen LogP contribution is -2.43. The number of benzene rings is 1. The Kier molecular flexibility index (Phi) is 5.30. The molecule has 0 spiro atoms. The van der Waals surface area contributed by atoms with Gasteiger partial charge in [0.15, 0.2) is 0 Å². The van der Waals surface area contributed by atoms with Crippen LogP contribution in [0.4, 0.5) is 8.78 Å². The number of carboxylic acid groups (broad SMARTS) is 1. The van der Waals surface area contributed by atoms with Crippen LogP contribution in [-0.2, 0) is 16.1 Å². The Morgan fingerprint density at radius 1 is 1.32 bits per heavy atom. The number of alkyl halides is 2. The number of amides is 1. The molecule has 0 radical (unpaired) electrons. The number of nitrogens with one attached hydrogen (secondary N) is 1. The predicted molar refractivity (Wildman–Crippen MR) is 73.6 cm³/mol. The van der Waals surface area contributed by atoms with Gasteiger partial charge in [-0.2, -0.15) is 0 Å². The summed E-state index contributed by atoms with van der Waals surface area (Å²) < 4.78 is 29.1. The lowest BCUT2D eigenvalue weighted by molar-refractivity contribution is -0.152. The molecule has 1 amide bonds. The lowest BCUT2D eigenvalue weighted by atomic mass is 9.73. The van der Waals surface area contributed by atoms with Crippen LogP contribution < -0.4 is 10.1 Å². The number of halogens is 2. The molecule has 1 aliphatic carbocycles. The monoisotopic (exact) mass is 313 g/mol. The first-order chi connectivity index (χ1) is 10.5. The Bertz CT molecular complexity index is 550. The number of aliphatic carboxylic acids is 1. The Morgan fingerprint density at radius 2 is 2.05 bits per heavy atom. The second-order valence-corrected chi connectivity index (χ2v) is 5.20. The van der Waals surface area contributed by atoms with Crippen LogP contribution in [0, 0.1) is 11.8 Å². The SMILES string of the molecule is O=C(O)C1CCC1C(=O)NCc1cccc(OCC(F)F)c1. The van der Waals surface area contributed by atoms with Crippen molar-refractivity contribution in [3.05, 3.63) is 29.8 Å².